The second-order valence-electron chi connectivity index (χ2n) is 4.23. The van der Waals surface area contributed by atoms with Crippen LogP contribution in [-0.2, 0) is 14.6 Å². The van der Waals surface area contributed by atoms with Crippen LogP contribution in [0.2, 0.25) is 0 Å². The smallest absolute Gasteiger partial charge is 0.147 e. The molecule has 0 aromatic carbocycles. The van der Waals surface area contributed by atoms with Crippen molar-refractivity contribution in [2.75, 3.05) is 12.0 Å². The summed E-state index contributed by atoms with van der Waals surface area (Å²) in [6, 6.07) is 0. The molecule has 1 atom stereocenters. The maximum atomic E-state index is 11.5. The Morgan fingerprint density at radius 2 is 1.71 bits per heavy atom. The van der Waals surface area contributed by atoms with E-state index >= 15 is 0 Å². The van der Waals surface area contributed by atoms with Crippen LogP contribution in [0, 0.1) is 11.8 Å². The van der Waals surface area contributed by atoms with E-state index in [1.165, 1.54) is 6.26 Å². The van der Waals surface area contributed by atoms with Gasteiger partial charge in [0.15, 0.2) is 0 Å². The molecule has 0 heterocycles. The summed E-state index contributed by atoms with van der Waals surface area (Å²) in [6.07, 6.45) is 2.03. The first kappa shape index (κ1) is 13.6. The highest BCUT2D eigenvalue weighted by Gasteiger charge is 2.16. The minimum atomic E-state index is -2.92. The lowest BCUT2D eigenvalue weighted by Crippen LogP contribution is -2.17. The maximum absolute atomic E-state index is 11.5. The summed E-state index contributed by atoms with van der Waals surface area (Å²) in [7, 11) is -2.92. The van der Waals surface area contributed by atoms with Crippen LogP contribution in [0.4, 0.5) is 0 Å². The monoisotopic (exact) mass is 220 g/mol. The van der Waals surface area contributed by atoms with Gasteiger partial charge < -0.3 is 0 Å². The quantitative estimate of drug-likeness (QED) is 0.684. The topological polar surface area (TPSA) is 51.2 Å². The van der Waals surface area contributed by atoms with Crippen LogP contribution in [0.5, 0.6) is 0 Å². The van der Waals surface area contributed by atoms with Gasteiger partial charge in [0.05, 0.1) is 5.75 Å². The molecule has 0 saturated carbocycles. The lowest BCUT2D eigenvalue weighted by atomic mass is 9.91. The van der Waals surface area contributed by atoms with E-state index in [2.05, 4.69) is 0 Å². The molecule has 0 fully saturated rings. The predicted octanol–water partition coefficient (Wildman–Crippen LogP) is 1.67. The summed E-state index contributed by atoms with van der Waals surface area (Å²) in [5, 5.41) is 0. The average Bonchev–Trinajstić information content (AvgIpc) is 2.00. The first-order valence-corrected chi connectivity index (χ1v) is 7.00. The van der Waals surface area contributed by atoms with Crippen LogP contribution in [-0.4, -0.2) is 26.2 Å². The SMILES string of the molecule is CC(C)C(C)C(=O)CCCS(C)(=O)=O. The molecule has 0 spiro atoms. The summed E-state index contributed by atoms with van der Waals surface area (Å²) in [4.78, 5) is 11.5. The molecule has 0 aliphatic rings. The van der Waals surface area contributed by atoms with Crippen molar-refractivity contribution in [3.63, 3.8) is 0 Å². The highest BCUT2D eigenvalue weighted by atomic mass is 32.2. The van der Waals surface area contributed by atoms with E-state index in [9.17, 15) is 13.2 Å². The standard InChI is InChI=1S/C10H20O3S/c1-8(2)9(3)10(11)6-5-7-14(4,12)13/h8-9H,5-7H2,1-4H3. The van der Waals surface area contributed by atoms with Crippen molar-refractivity contribution in [1.29, 1.82) is 0 Å². The van der Waals surface area contributed by atoms with Gasteiger partial charge in [-0.3, -0.25) is 4.79 Å². The first-order chi connectivity index (χ1) is 6.24. The Hall–Kier alpha value is -0.380. The van der Waals surface area contributed by atoms with Crippen molar-refractivity contribution in [3.8, 4) is 0 Å². The fourth-order valence-corrected chi connectivity index (χ4v) is 1.78. The molecule has 0 radical (unpaired) electrons. The number of ketones is 1. The van der Waals surface area contributed by atoms with Gasteiger partial charge in [-0.25, -0.2) is 8.42 Å². The van der Waals surface area contributed by atoms with Gasteiger partial charge in [0, 0.05) is 18.6 Å². The molecule has 0 bridgehead atoms. The Balaban J connectivity index is 3.87. The molecule has 0 aromatic heterocycles. The van der Waals surface area contributed by atoms with Crippen molar-refractivity contribution in [2.45, 2.75) is 33.6 Å². The maximum Gasteiger partial charge on any atom is 0.147 e. The summed E-state index contributed by atoms with van der Waals surface area (Å²) in [5.41, 5.74) is 0. The molecule has 0 N–H and O–H groups in total. The molecule has 84 valence electrons. The summed E-state index contributed by atoms with van der Waals surface area (Å²) >= 11 is 0. The second-order valence-corrected chi connectivity index (χ2v) is 6.49. The van der Waals surface area contributed by atoms with Crippen LogP contribution in [0.25, 0.3) is 0 Å². The molecule has 0 rings (SSSR count). The van der Waals surface area contributed by atoms with Crippen molar-refractivity contribution < 1.29 is 13.2 Å². The van der Waals surface area contributed by atoms with Gasteiger partial charge in [-0.15, -0.1) is 0 Å². The normalized spacial score (nSPS) is 14.4. The minimum Gasteiger partial charge on any atom is -0.299 e. The molecule has 0 aliphatic carbocycles. The van der Waals surface area contributed by atoms with Crippen LogP contribution in [0.3, 0.4) is 0 Å². The Kier molecular flexibility index (Phi) is 5.34. The van der Waals surface area contributed by atoms with Crippen molar-refractivity contribution in [3.05, 3.63) is 0 Å². The highest BCUT2D eigenvalue weighted by molar-refractivity contribution is 7.90. The molecule has 0 aromatic rings. The summed E-state index contributed by atoms with van der Waals surface area (Å²) < 4.78 is 21.6. The molecule has 14 heavy (non-hydrogen) atoms. The average molecular weight is 220 g/mol. The fourth-order valence-electron chi connectivity index (χ4n) is 1.11. The number of Topliss-reactive ketones (excluding diaryl/α,β-unsaturated/α-hetero) is 1. The lowest BCUT2D eigenvalue weighted by molar-refractivity contribution is -0.123. The van der Waals surface area contributed by atoms with Gasteiger partial charge in [0.25, 0.3) is 0 Å². The molecule has 3 nitrogen and oxygen atoms in total. The molecular formula is C10H20O3S. The second kappa shape index (κ2) is 5.49. The predicted molar refractivity (Wildman–Crippen MR) is 58.0 cm³/mol. The van der Waals surface area contributed by atoms with E-state index in [-0.39, 0.29) is 17.5 Å². The van der Waals surface area contributed by atoms with E-state index < -0.39 is 9.84 Å². The van der Waals surface area contributed by atoms with E-state index in [1.54, 1.807) is 0 Å². The Morgan fingerprint density at radius 3 is 2.07 bits per heavy atom. The van der Waals surface area contributed by atoms with E-state index in [0.717, 1.165) is 0 Å². The van der Waals surface area contributed by atoms with Crippen LogP contribution >= 0.6 is 0 Å². The Labute approximate surface area is 86.8 Å². The number of hydrogen-bond acceptors (Lipinski definition) is 3. The van der Waals surface area contributed by atoms with Crippen LogP contribution in [0.15, 0.2) is 0 Å². The Bertz CT molecular complexity index is 278. The number of rotatable bonds is 6. The zero-order valence-corrected chi connectivity index (χ0v) is 10.2. The number of sulfone groups is 1. The van der Waals surface area contributed by atoms with Gasteiger partial charge in [-0.05, 0) is 12.3 Å². The third-order valence-corrected chi connectivity index (χ3v) is 3.48. The minimum absolute atomic E-state index is 0.0366. The van der Waals surface area contributed by atoms with Crippen molar-refractivity contribution in [2.24, 2.45) is 11.8 Å². The van der Waals surface area contributed by atoms with Gasteiger partial charge in [-0.2, -0.15) is 0 Å². The Morgan fingerprint density at radius 1 is 1.21 bits per heavy atom. The fraction of sp³-hybridized carbons (Fsp3) is 0.900. The van der Waals surface area contributed by atoms with Crippen LogP contribution in [0.1, 0.15) is 33.6 Å². The van der Waals surface area contributed by atoms with Gasteiger partial charge in [0.1, 0.15) is 15.6 Å². The molecule has 0 saturated heterocycles. The van der Waals surface area contributed by atoms with Gasteiger partial charge in [-0.1, -0.05) is 20.8 Å². The van der Waals surface area contributed by atoms with Crippen molar-refractivity contribution >= 4 is 15.6 Å². The van der Waals surface area contributed by atoms with Crippen molar-refractivity contribution in [1.82, 2.24) is 0 Å². The van der Waals surface area contributed by atoms with Crippen LogP contribution < -0.4 is 0 Å². The zero-order valence-electron chi connectivity index (χ0n) is 9.41. The highest BCUT2D eigenvalue weighted by Crippen LogP contribution is 2.13. The third-order valence-electron chi connectivity index (χ3n) is 2.45. The number of carbonyl (C=O) groups is 1. The molecule has 1 unspecified atom stereocenters. The number of hydrogen-bond donors (Lipinski definition) is 0. The van der Waals surface area contributed by atoms with Gasteiger partial charge in [0.2, 0.25) is 0 Å². The number of carbonyl (C=O) groups excluding carboxylic acids is 1. The van der Waals surface area contributed by atoms with E-state index in [1.807, 2.05) is 20.8 Å². The summed E-state index contributed by atoms with van der Waals surface area (Å²) in [6.45, 7) is 5.89. The third kappa shape index (κ3) is 6.13. The molecular weight excluding hydrogens is 200 g/mol. The largest absolute Gasteiger partial charge is 0.299 e. The van der Waals surface area contributed by atoms with E-state index in [0.29, 0.717) is 18.8 Å². The molecule has 0 amide bonds. The first-order valence-electron chi connectivity index (χ1n) is 4.94. The zero-order chi connectivity index (χ0) is 11.4. The molecule has 4 heteroatoms. The summed E-state index contributed by atoms with van der Waals surface area (Å²) in [5.74, 6) is 0.655. The van der Waals surface area contributed by atoms with E-state index in [4.69, 9.17) is 0 Å². The van der Waals surface area contributed by atoms with Gasteiger partial charge >= 0.3 is 0 Å². The lowest BCUT2D eigenvalue weighted by Gasteiger charge is -2.13. The molecule has 0 aliphatic heterocycles.